The average Bonchev–Trinajstić information content (AvgIpc) is 3.01. The maximum Gasteiger partial charge on any atom is 0.251 e. The van der Waals surface area contributed by atoms with E-state index in [1.54, 1.807) is 35.2 Å². The third-order valence-electron chi connectivity index (χ3n) is 4.21. The SMILES string of the molecule is CC(NC(=O)c1cccc(N2CCCC2=O)c1)c1ccc(F)cc1. The third-order valence-corrected chi connectivity index (χ3v) is 4.21. The molecule has 1 saturated heterocycles. The molecule has 1 N–H and O–H groups in total. The zero-order chi connectivity index (χ0) is 17.1. The lowest BCUT2D eigenvalue weighted by Crippen LogP contribution is -2.27. The van der Waals surface area contributed by atoms with E-state index in [1.165, 1.54) is 12.1 Å². The molecule has 2 aromatic carbocycles. The summed E-state index contributed by atoms with van der Waals surface area (Å²) in [5, 5.41) is 2.90. The van der Waals surface area contributed by atoms with Gasteiger partial charge in [0, 0.05) is 24.2 Å². The van der Waals surface area contributed by atoms with Gasteiger partial charge in [-0.1, -0.05) is 18.2 Å². The summed E-state index contributed by atoms with van der Waals surface area (Å²) in [6.45, 7) is 2.54. The van der Waals surface area contributed by atoms with Gasteiger partial charge in [-0.15, -0.1) is 0 Å². The number of rotatable bonds is 4. The van der Waals surface area contributed by atoms with E-state index in [4.69, 9.17) is 0 Å². The number of nitrogens with one attached hydrogen (secondary N) is 1. The highest BCUT2D eigenvalue weighted by molar-refractivity contribution is 5.99. The van der Waals surface area contributed by atoms with Crippen LogP contribution >= 0.6 is 0 Å². The average molecular weight is 326 g/mol. The molecule has 1 aliphatic heterocycles. The van der Waals surface area contributed by atoms with Crippen LogP contribution in [-0.4, -0.2) is 18.4 Å². The molecule has 0 saturated carbocycles. The summed E-state index contributed by atoms with van der Waals surface area (Å²) in [6.07, 6.45) is 1.40. The normalized spacial score (nSPS) is 15.4. The first kappa shape index (κ1) is 16.2. The summed E-state index contributed by atoms with van der Waals surface area (Å²) in [6, 6.07) is 12.9. The van der Waals surface area contributed by atoms with Crippen molar-refractivity contribution in [3.63, 3.8) is 0 Å². The molecule has 0 aromatic heterocycles. The maximum atomic E-state index is 13.0. The predicted octanol–water partition coefficient (Wildman–Crippen LogP) is 3.44. The Kier molecular flexibility index (Phi) is 4.60. The van der Waals surface area contributed by atoms with Crippen molar-refractivity contribution in [1.82, 2.24) is 5.32 Å². The fourth-order valence-corrected chi connectivity index (χ4v) is 2.85. The maximum absolute atomic E-state index is 13.0. The summed E-state index contributed by atoms with van der Waals surface area (Å²) < 4.78 is 13.0. The van der Waals surface area contributed by atoms with Crippen molar-refractivity contribution in [3.8, 4) is 0 Å². The van der Waals surface area contributed by atoms with Crippen molar-refractivity contribution in [2.45, 2.75) is 25.8 Å². The van der Waals surface area contributed by atoms with E-state index in [0.717, 1.165) is 17.7 Å². The number of carbonyl (C=O) groups excluding carboxylic acids is 2. The molecule has 0 spiro atoms. The van der Waals surface area contributed by atoms with Crippen LogP contribution in [0.3, 0.4) is 0 Å². The standard InChI is InChI=1S/C19H19FN2O2/c1-13(14-7-9-16(20)10-8-14)21-19(24)15-4-2-5-17(12-15)22-11-3-6-18(22)23/h2,4-5,7-10,12-13H,3,6,11H2,1H3,(H,21,24). The van der Waals surface area contributed by atoms with E-state index in [1.807, 2.05) is 13.0 Å². The Hall–Kier alpha value is -2.69. The number of hydrogen-bond acceptors (Lipinski definition) is 2. The molecule has 2 aromatic rings. The Morgan fingerprint density at radius 3 is 2.62 bits per heavy atom. The van der Waals surface area contributed by atoms with E-state index < -0.39 is 0 Å². The highest BCUT2D eigenvalue weighted by Crippen LogP contribution is 2.22. The fourth-order valence-electron chi connectivity index (χ4n) is 2.85. The Labute approximate surface area is 140 Å². The first-order valence-corrected chi connectivity index (χ1v) is 8.01. The molecule has 5 heteroatoms. The van der Waals surface area contributed by atoms with Crippen LogP contribution in [0.1, 0.15) is 41.7 Å². The highest BCUT2D eigenvalue weighted by Gasteiger charge is 2.22. The zero-order valence-corrected chi connectivity index (χ0v) is 13.5. The minimum Gasteiger partial charge on any atom is -0.346 e. The lowest BCUT2D eigenvalue weighted by molar-refractivity contribution is -0.117. The molecule has 0 aliphatic carbocycles. The second-order valence-corrected chi connectivity index (χ2v) is 5.95. The van der Waals surface area contributed by atoms with Gasteiger partial charge in [-0.05, 0) is 49.2 Å². The van der Waals surface area contributed by atoms with Gasteiger partial charge in [0.1, 0.15) is 5.82 Å². The largest absolute Gasteiger partial charge is 0.346 e. The summed E-state index contributed by atoms with van der Waals surface area (Å²) >= 11 is 0. The van der Waals surface area contributed by atoms with Crippen molar-refractivity contribution in [2.75, 3.05) is 11.4 Å². The number of amides is 2. The van der Waals surface area contributed by atoms with Crippen LogP contribution < -0.4 is 10.2 Å². The van der Waals surface area contributed by atoms with E-state index in [2.05, 4.69) is 5.32 Å². The molecule has 1 fully saturated rings. The van der Waals surface area contributed by atoms with Gasteiger partial charge in [-0.25, -0.2) is 4.39 Å². The van der Waals surface area contributed by atoms with Crippen LogP contribution in [-0.2, 0) is 4.79 Å². The number of carbonyl (C=O) groups is 2. The number of halogens is 1. The molecule has 1 heterocycles. The van der Waals surface area contributed by atoms with Gasteiger partial charge in [0.2, 0.25) is 5.91 Å². The molecule has 1 aliphatic rings. The van der Waals surface area contributed by atoms with Gasteiger partial charge < -0.3 is 10.2 Å². The van der Waals surface area contributed by atoms with E-state index >= 15 is 0 Å². The molecule has 0 bridgehead atoms. The van der Waals surface area contributed by atoms with E-state index in [9.17, 15) is 14.0 Å². The lowest BCUT2D eigenvalue weighted by Gasteiger charge is -2.18. The second kappa shape index (κ2) is 6.83. The van der Waals surface area contributed by atoms with Crippen molar-refractivity contribution >= 4 is 17.5 Å². The van der Waals surface area contributed by atoms with Gasteiger partial charge >= 0.3 is 0 Å². The molecule has 1 atom stereocenters. The molecule has 24 heavy (non-hydrogen) atoms. The van der Waals surface area contributed by atoms with Crippen molar-refractivity contribution in [1.29, 1.82) is 0 Å². The Bertz CT molecular complexity index is 758. The van der Waals surface area contributed by atoms with Crippen LogP contribution in [0.15, 0.2) is 48.5 Å². The molecular weight excluding hydrogens is 307 g/mol. The van der Waals surface area contributed by atoms with Gasteiger partial charge in [0.25, 0.3) is 5.91 Å². The van der Waals surface area contributed by atoms with Gasteiger partial charge in [0.05, 0.1) is 6.04 Å². The number of nitrogens with zero attached hydrogens (tertiary/aromatic N) is 1. The number of anilines is 1. The molecule has 4 nitrogen and oxygen atoms in total. The molecule has 0 radical (unpaired) electrons. The van der Waals surface area contributed by atoms with Gasteiger partial charge in [-0.2, -0.15) is 0 Å². The third kappa shape index (κ3) is 3.45. The Balaban J connectivity index is 1.73. The van der Waals surface area contributed by atoms with Crippen LogP contribution in [0.4, 0.5) is 10.1 Å². The predicted molar refractivity (Wildman–Crippen MR) is 90.3 cm³/mol. The van der Waals surface area contributed by atoms with Crippen LogP contribution in [0, 0.1) is 5.82 Å². The molecule has 124 valence electrons. The lowest BCUT2D eigenvalue weighted by atomic mass is 10.1. The molecule has 1 unspecified atom stereocenters. The quantitative estimate of drug-likeness (QED) is 0.935. The minimum absolute atomic E-state index is 0.0900. The molecular formula is C19H19FN2O2. The Morgan fingerprint density at radius 2 is 1.96 bits per heavy atom. The smallest absolute Gasteiger partial charge is 0.251 e. The first-order valence-electron chi connectivity index (χ1n) is 8.01. The first-order chi connectivity index (χ1) is 11.5. The molecule has 2 amide bonds. The number of hydrogen-bond donors (Lipinski definition) is 1. The second-order valence-electron chi connectivity index (χ2n) is 5.95. The fraction of sp³-hybridized carbons (Fsp3) is 0.263. The number of benzene rings is 2. The summed E-state index contributed by atoms with van der Waals surface area (Å²) in [7, 11) is 0. The van der Waals surface area contributed by atoms with Crippen LogP contribution in [0.25, 0.3) is 0 Å². The van der Waals surface area contributed by atoms with Gasteiger partial charge in [-0.3, -0.25) is 9.59 Å². The van der Waals surface area contributed by atoms with Crippen molar-refractivity contribution in [3.05, 3.63) is 65.5 Å². The van der Waals surface area contributed by atoms with E-state index in [0.29, 0.717) is 18.5 Å². The highest BCUT2D eigenvalue weighted by atomic mass is 19.1. The summed E-state index contributed by atoms with van der Waals surface area (Å²) in [4.78, 5) is 26.0. The molecule has 3 rings (SSSR count). The topological polar surface area (TPSA) is 49.4 Å². The summed E-state index contributed by atoms with van der Waals surface area (Å²) in [5.74, 6) is -0.437. The van der Waals surface area contributed by atoms with Crippen molar-refractivity contribution in [2.24, 2.45) is 0 Å². The van der Waals surface area contributed by atoms with Crippen LogP contribution in [0.5, 0.6) is 0 Å². The summed E-state index contributed by atoms with van der Waals surface area (Å²) in [5.41, 5.74) is 2.08. The Morgan fingerprint density at radius 1 is 1.21 bits per heavy atom. The van der Waals surface area contributed by atoms with Gasteiger partial charge in [0.15, 0.2) is 0 Å². The minimum atomic E-state index is -0.305. The van der Waals surface area contributed by atoms with E-state index in [-0.39, 0.29) is 23.7 Å². The monoisotopic (exact) mass is 326 g/mol. The zero-order valence-electron chi connectivity index (χ0n) is 13.5. The van der Waals surface area contributed by atoms with Crippen molar-refractivity contribution < 1.29 is 14.0 Å². The van der Waals surface area contributed by atoms with Crippen LogP contribution in [0.2, 0.25) is 0 Å².